The molecule has 1 amide bonds. The first-order valence-electron chi connectivity index (χ1n) is 7.13. The predicted octanol–water partition coefficient (Wildman–Crippen LogP) is 2.06. The molecule has 21 heavy (non-hydrogen) atoms. The third kappa shape index (κ3) is 3.03. The van der Waals surface area contributed by atoms with Gasteiger partial charge in [-0.1, -0.05) is 6.07 Å². The molecular weight excluding hydrogens is 270 g/mol. The van der Waals surface area contributed by atoms with Crippen molar-refractivity contribution in [1.29, 1.82) is 0 Å². The molecule has 0 saturated carbocycles. The lowest BCUT2D eigenvalue weighted by atomic mass is 10.1. The van der Waals surface area contributed by atoms with E-state index in [0.29, 0.717) is 13.2 Å². The summed E-state index contributed by atoms with van der Waals surface area (Å²) >= 11 is 0. The molecule has 0 N–H and O–H groups in total. The topological polar surface area (TPSA) is 48.0 Å². The van der Waals surface area contributed by atoms with Crippen molar-refractivity contribution in [2.75, 3.05) is 19.9 Å². The average molecular weight is 289 g/mol. The number of hydrogen-bond donors (Lipinski definition) is 0. The molecule has 3 rings (SSSR count). The Morgan fingerprint density at radius 2 is 2.10 bits per heavy atom. The second-order valence-corrected chi connectivity index (χ2v) is 5.43. The van der Waals surface area contributed by atoms with Crippen LogP contribution in [0.25, 0.3) is 6.08 Å². The second kappa shape index (κ2) is 5.77. The maximum Gasteiger partial charge on any atom is 0.246 e. The van der Waals surface area contributed by atoms with Crippen LogP contribution in [0.15, 0.2) is 24.3 Å². The van der Waals surface area contributed by atoms with Crippen LogP contribution in [0.2, 0.25) is 0 Å². The van der Waals surface area contributed by atoms with Crippen molar-refractivity contribution < 1.29 is 19.0 Å². The molecule has 0 radical (unpaired) electrons. The average Bonchev–Trinajstić information content (AvgIpc) is 2.94. The molecule has 2 atom stereocenters. The summed E-state index contributed by atoms with van der Waals surface area (Å²) in [6.07, 6.45) is 3.49. The van der Waals surface area contributed by atoms with Crippen LogP contribution in [0.5, 0.6) is 11.5 Å². The maximum absolute atomic E-state index is 12.3. The molecule has 112 valence electrons. The molecule has 1 fully saturated rings. The van der Waals surface area contributed by atoms with Crippen LogP contribution in [0.3, 0.4) is 0 Å². The molecule has 1 aromatic rings. The molecule has 2 heterocycles. The monoisotopic (exact) mass is 289 g/mol. The Labute approximate surface area is 124 Å². The molecule has 1 saturated heterocycles. The lowest BCUT2D eigenvalue weighted by Gasteiger charge is -2.36. The first-order valence-corrected chi connectivity index (χ1v) is 7.13. The minimum absolute atomic E-state index is 0.00955. The quantitative estimate of drug-likeness (QED) is 0.782. The van der Waals surface area contributed by atoms with Gasteiger partial charge in [0.25, 0.3) is 0 Å². The Kier molecular flexibility index (Phi) is 3.84. The zero-order valence-electron chi connectivity index (χ0n) is 12.2. The Morgan fingerprint density at radius 3 is 2.95 bits per heavy atom. The first-order chi connectivity index (χ1) is 10.1. The van der Waals surface area contributed by atoms with E-state index in [1.54, 1.807) is 12.2 Å². The molecule has 1 aromatic carbocycles. The molecule has 2 aliphatic heterocycles. The van der Waals surface area contributed by atoms with E-state index in [0.717, 1.165) is 17.1 Å². The summed E-state index contributed by atoms with van der Waals surface area (Å²) in [5.41, 5.74) is 0.918. The molecule has 2 unspecified atom stereocenters. The van der Waals surface area contributed by atoms with E-state index in [1.807, 2.05) is 36.9 Å². The van der Waals surface area contributed by atoms with Crippen LogP contribution in [-0.2, 0) is 9.53 Å². The molecule has 0 spiro atoms. The fourth-order valence-electron chi connectivity index (χ4n) is 2.49. The van der Waals surface area contributed by atoms with E-state index in [2.05, 4.69) is 0 Å². The number of carbonyl (C=O) groups is 1. The summed E-state index contributed by atoms with van der Waals surface area (Å²) in [7, 11) is 0. The lowest BCUT2D eigenvalue weighted by molar-refractivity contribution is -0.137. The fraction of sp³-hybridized carbons (Fsp3) is 0.438. The number of ether oxygens (including phenoxy) is 3. The van der Waals surface area contributed by atoms with Gasteiger partial charge in [0, 0.05) is 12.6 Å². The van der Waals surface area contributed by atoms with Gasteiger partial charge in [0.2, 0.25) is 12.7 Å². The third-order valence-corrected chi connectivity index (χ3v) is 3.71. The van der Waals surface area contributed by atoms with Crippen molar-refractivity contribution in [2.45, 2.75) is 26.0 Å². The van der Waals surface area contributed by atoms with E-state index < -0.39 is 0 Å². The maximum atomic E-state index is 12.3. The van der Waals surface area contributed by atoms with Crippen LogP contribution in [0, 0.1) is 0 Å². The van der Waals surface area contributed by atoms with Gasteiger partial charge in [-0.05, 0) is 37.6 Å². The van der Waals surface area contributed by atoms with E-state index in [-0.39, 0.29) is 24.8 Å². The van der Waals surface area contributed by atoms with Crippen LogP contribution in [-0.4, -0.2) is 42.9 Å². The fourth-order valence-corrected chi connectivity index (χ4v) is 2.49. The van der Waals surface area contributed by atoms with Gasteiger partial charge < -0.3 is 19.1 Å². The number of carbonyl (C=O) groups excluding carboxylic acids is 1. The zero-order valence-corrected chi connectivity index (χ0v) is 12.2. The minimum Gasteiger partial charge on any atom is -0.454 e. The van der Waals surface area contributed by atoms with Crippen LogP contribution in [0.4, 0.5) is 0 Å². The van der Waals surface area contributed by atoms with Crippen molar-refractivity contribution in [3.63, 3.8) is 0 Å². The van der Waals surface area contributed by atoms with Gasteiger partial charge in [0.15, 0.2) is 11.5 Å². The van der Waals surface area contributed by atoms with Gasteiger partial charge in [0.05, 0.1) is 18.8 Å². The van der Waals surface area contributed by atoms with Crippen LogP contribution >= 0.6 is 0 Å². The molecule has 5 heteroatoms. The van der Waals surface area contributed by atoms with Gasteiger partial charge in [-0.2, -0.15) is 0 Å². The van der Waals surface area contributed by atoms with Crippen LogP contribution in [0.1, 0.15) is 19.4 Å². The Hall–Kier alpha value is -2.01. The van der Waals surface area contributed by atoms with Gasteiger partial charge in [-0.15, -0.1) is 0 Å². The van der Waals surface area contributed by atoms with Gasteiger partial charge >= 0.3 is 0 Å². The number of nitrogens with zero attached hydrogens (tertiary/aromatic N) is 1. The highest BCUT2D eigenvalue weighted by Gasteiger charge is 2.26. The van der Waals surface area contributed by atoms with E-state index >= 15 is 0 Å². The number of fused-ring (bicyclic) bond motifs is 1. The summed E-state index contributed by atoms with van der Waals surface area (Å²) in [6, 6.07) is 5.74. The molecule has 0 aliphatic carbocycles. The Bertz CT molecular complexity index is 569. The van der Waals surface area contributed by atoms with E-state index in [1.165, 1.54) is 0 Å². The van der Waals surface area contributed by atoms with Gasteiger partial charge in [0.1, 0.15) is 0 Å². The smallest absolute Gasteiger partial charge is 0.246 e. The normalized spacial score (nSPS) is 24.6. The van der Waals surface area contributed by atoms with Gasteiger partial charge in [-0.25, -0.2) is 0 Å². The van der Waals surface area contributed by atoms with Crippen molar-refractivity contribution >= 4 is 12.0 Å². The minimum atomic E-state index is 0.00955. The number of amides is 1. The number of morpholine rings is 1. The van der Waals surface area contributed by atoms with Crippen molar-refractivity contribution in [3.05, 3.63) is 29.8 Å². The highest BCUT2D eigenvalue weighted by atomic mass is 16.7. The number of benzene rings is 1. The summed E-state index contributed by atoms with van der Waals surface area (Å²) in [4.78, 5) is 14.1. The first kappa shape index (κ1) is 13.9. The Morgan fingerprint density at radius 1 is 1.29 bits per heavy atom. The molecule has 2 aliphatic rings. The number of hydrogen-bond acceptors (Lipinski definition) is 4. The lowest BCUT2D eigenvalue weighted by Crippen LogP contribution is -2.49. The third-order valence-electron chi connectivity index (χ3n) is 3.71. The highest BCUT2D eigenvalue weighted by molar-refractivity contribution is 5.92. The summed E-state index contributed by atoms with van der Waals surface area (Å²) in [5, 5.41) is 0. The highest BCUT2D eigenvalue weighted by Crippen LogP contribution is 2.32. The summed E-state index contributed by atoms with van der Waals surface area (Å²) < 4.78 is 16.1. The van der Waals surface area contributed by atoms with E-state index in [4.69, 9.17) is 14.2 Å². The standard InChI is InChI=1S/C16H19NO4/c1-11-9-19-12(2)8-17(11)16(18)6-4-13-3-5-14-15(7-13)21-10-20-14/h3-7,11-12H,8-10H2,1-2H3/b6-4+. The largest absolute Gasteiger partial charge is 0.454 e. The molecule has 0 aromatic heterocycles. The van der Waals surface area contributed by atoms with Crippen molar-refractivity contribution in [3.8, 4) is 11.5 Å². The predicted molar refractivity (Wildman–Crippen MR) is 78.2 cm³/mol. The Balaban J connectivity index is 1.69. The number of rotatable bonds is 2. The van der Waals surface area contributed by atoms with Crippen LogP contribution < -0.4 is 9.47 Å². The second-order valence-electron chi connectivity index (χ2n) is 5.43. The summed E-state index contributed by atoms with van der Waals surface area (Å²) in [5.74, 6) is 1.47. The molecular formula is C16H19NO4. The van der Waals surface area contributed by atoms with E-state index in [9.17, 15) is 4.79 Å². The van der Waals surface area contributed by atoms with Gasteiger partial charge in [-0.3, -0.25) is 4.79 Å². The SMILES string of the molecule is CC1CN(C(=O)/C=C/c2ccc3c(c2)OCO3)C(C)CO1. The molecule has 5 nitrogen and oxygen atoms in total. The van der Waals surface area contributed by atoms with Crippen molar-refractivity contribution in [1.82, 2.24) is 4.90 Å². The summed E-state index contributed by atoms with van der Waals surface area (Å²) in [6.45, 7) is 5.45. The van der Waals surface area contributed by atoms with Crippen molar-refractivity contribution in [2.24, 2.45) is 0 Å². The zero-order chi connectivity index (χ0) is 14.8. The molecule has 0 bridgehead atoms.